The Morgan fingerprint density at radius 2 is 1.69 bits per heavy atom. The number of aromatic nitrogens is 2. The molecule has 0 atom stereocenters. The smallest absolute Gasteiger partial charge is 0.234 e. The molecule has 0 saturated heterocycles. The summed E-state index contributed by atoms with van der Waals surface area (Å²) in [5, 5.41) is 0.542. The van der Waals surface area contributed by atoms with Crippen LogP contribution in [0.3, 0.4) is 0 Å². The fourth-order valence-electron chi connectivity index (χ4n) is 2.40. The van der Waals surface area contributed by atoms with E-state index >= 15 is 0 Å². The zero-order valence-electron chi connectivity index (χ0n) is 13.3. The SMILES string of the molecule is CS(=O)(=O)c1ccc(-n2cc(C(Cl)(Cl)Cl)nc2-c2cccc(Cl)c2)cc1. The van der Waals surface area contributed by atoms with Gasteiger partial charge in [0, 0.05) is 28.7 Å². The second kappa shape index (κ2) is 7.06. The third kappa shape index (κ3) is 4.18. The highest BCUT2D eigenvalue weighted by Crippen LogP contribution is 2.39. The third-order valence-corrected chi connectivity index (χ3v) is 5.57. The molecule has 9 heteroatoms. The highest BCUT2D eigenvalue weighted by Gasteiger charge is 2.28. The van der Waals surface area contributed by atoms with E-state index in [0.717, 1.165) is 11.8 Å². The van der Waals surface area contributed by atoms with E-state index in [-0.39, 0.29) is 10.6 Å². The van der Waals surface area contributed by atoms with Gasteiger partial charge >= 0.3 is 0 Å². The summed E-state index contributed by atoms with van der Waals surface area (Å²) >= 11 is 24.0. The van der Waals surface area contributed by atoms with Gasteiger partial charge in [-0.2, -0.15) is 0 Å². The van der Waals surface area contributed by atoms with Crippen molar-refractivity contribution in [1.82, 2.24) is 9.55 Å². The van der Waals surface area contributed by atoms with Gasteiger partial charge in [-0.05, 0) is 36.4 Å². The molecule has 0 bridgehead atoms. The Morgan fingerprint density at radius 3 is 2.23 bits per heavy atom. The number of sulfone groups is 1. The molecule has 4 nitrogen and oxygen atoms in total. The molecule has 2 aromatic carbocycles. The lowest BCUT2D eigenvalue weighted by molar-refractivity contribution is 0.602. The van der Waals surface area contributed by atoms with Gasteiger partial charge in [0.1, 0.15) is 11.5 Å². The first-order valence-electron chi connectivity index (χ1n) is 7.29. The van der Waals surface area contributed by atoms with Crippen LogP contribution in [0, 0.1) is 0 Å². The molecule has 1 aromatic heterocycles. The van der Waals surface area contributed by atoms with E-state index < -0.39 is 13.6 Å². The van der Waals surface area contributed by atoms with Gasteiger partial charge in [0.25, 0.3) is 0 Å². The lowest BCUT2D eigenvalue weighted by Crippen LogP contribution is -2.00. The average molecular weight is 450 g/mol. The van der Waals surface area contributed by atoms with Crippen LogP contribution in [0.15, 0.2) is 59.6 Å². The van der Waals surface area contributed by atoms with Crippen molar-refractivity contribution in [3.05, 3.63) is 65.4 Å². The summed E-state index contributed by atoms with van der Waals surface area (Å²) in [6.45, 7) is 0. The van der Waals surface area contributed by atoms with Crippen molar-refractivity contribution in [2.24, 2.45) is 0 Å². The van der Waals surface area contributed by atoms with Crippen LogP contribution >= 0.6 is 46.4 Å². The minimum absolute atomic E-state index is 0.215. The van der Waals surface area contributed by atoms with E-state index in [0.29, 0.717) is 16.5 Å². The highest BCUT2D eigenvalue weighted by atomic mass is 35.6. The summed E-state index contributed by atoms with van der Waals surface area (Å²) in [5.41, 5.74) is 1.63. The number of benzene rings is 2. The number of hydrogen-bond acceptors (Lipinski definition) is 3. The fourth-order valence-corrected chi connectivity index (χ4v) is 3.49. The molecule has 0 aliphatic carbocycles. The maximum Gasteiger partial charge on any atom is 0.234 e. The molecule has 0 N–H and O–H groups in total. The number of halogens is 4. The van der Waals surface area contributed by atoms with Gasteiger partial charge < -0.3 is 0 Å². The van der Waals surface area contributed by atoms with Gasteiger partial charge in [-0.3, -0.25) is 4.57 Å². The van der Waals surface area contributed by atoms with Gasteiger partial charge in [-0.15, -0.1) is 0 Å². The largest absolute Gasteiger partial charge is 0.299 e. The standard InChI is InChI=1S/C17H12Cl4N2O2S/c1-26(24,25)14-7-5-13(6-8-14)23-10-15(17(19,20)21)22-16(23)11-3-2-4-12(18)9-11/h2-10H,1H3. The minimum Gasteiger partial charge on any atom is -0.299 e. The lowest BCUT2D eigenvalue weighted by Gasteiger charge is -2.09. The fraction of sp³-hybridized carbons (Fsp3) is 0.118. The lowest BCUT2D eigenvalue weighted by atomic mass is 10.2. The molecule has 136 valence electrons. The summed E-state index contributed by atoms with van der Waals surface area (Å²) < 4.78 is 23.3. The van der Waals surface area contributed by atoms with Crippen LogP contribution in [0.2, 0.25) is 5.02 Å². The van der Waals surface area contributed by atoms with Crippen molar-refractivity contribution in [1.29, 1.82) is 0 Å². The monoisotopic (exact) mass is 448 g/mol. The Kier molecular flexibility index (Phi) is 5.30. The van der Waals surface area contributed by atoms with Crippen molar-refractivity contribution in [2.75, 3.05) is 6.26 Å². The predicted octanol–water partition coefficient (Wildman–Crippen LogP) is 5.42. The molecule has 1 heterocycles. The van der Waals surface area contributed by atoms with Crippen molar-refractivity contribution < 1.29 is 8.42 Å². The Balaban J connectivity index is 2.18. The Labute approximate surface area is 171 Å². The van der Waals surface area contributed by atoms with Crippen molar-refractivity contribution in [2.45, 2.75) is 8.69 Å². The van der Waals surface area contributed by atoms with E-state index in [1.165, 1.54) is 12.1 Å². The molecule has 0 aliphatic rings. The molecule has 26 heavy (non-hydrogen) atoms. The van der Waals surface area contributed by atoms with E-state index in [1.807, 2.05) is 6.07 Å². The Morgan fingerprint density at radius 1 is 1.04 bits per heavy atom. The van der Waals surface area contributed by atoms with Crippen LogP contribution in [-0.4, -0.2) is 24.2 Å². The molecule has 0 unspecified atom stereocenters. The number of rotatable bonds is 3. The summed E-state index contributed by atoms with van der Waals surface area (Å²) in [7, 11) is -3.29. The quantitative estimate of drug-likeness (QED) is 0.501. The third-order valence-electron chi connectivity index (χ3n) is 3.62. The van der Waals surface area contributed by atoms with Crippen molar-refractivity contribution >= 4 is 56.2 Å². The van der Waals surface area contributed by atoms with Crippen LogP contribution in [0.1, 0.15) is 5.69 Å². The normalized spacial score (nSPS) is 12.3. The second-order valence-electron chi connectivity index (χ2n) is 5.59. The highest BCUT2D eigenvalue weighted by molar-refractivity contribution is 7.90. The molecule has 3 rings (SSSR count). The molecule has 0 amide bonds. The molecule has 0 radical (unpaired) electrons. The van der Waals surface area contributed by atoms with E-state index in [1.54, 1.807) is 41.1 Å². The first-order chi connectivity index (χ1) is 12.1. The molecular formula is C17H12Cl4N2O2S. The van der Waals surface area contributed by atoms with Crippen molar-refractivity contribution in [3.8, 4) is 17.1 Å². The van der Waals surface area contributed by atoms with E-state index in [9.17, 15) is 8.42 Å². The number of imidazole rings is 1. The molecule has 3 aromatic rings. The summed E-state index contributed by atoms with van der Waals surface area (Å²) in [6.07, 6.45) is 2.75. The Hall–Kier alpha value is -1.24. The molecule has 0 fully saturated rings. The first kappa shape index (κ1) is 19.5. The van der Waals surface area contributed by atoms with Gasteiger partial charge in [0.15, 0.2) is 9.84 Å². The zero-order chi connectivity index (χ0) is 19.1. The van der Waals surface area contributed by atoms with Gasteiger partial charge in [0.2, 0.25) is 3.79 Å². The number of alkyl halides is 3. The van der Waals surface area contributed by atoms with Crippen LogP contribution in [-0.2, 0) is 13.6 Å². The molecular weight excluding hydrogens is 438 g/mol. The Bertz CT molecular complexity index is 1060. The van der Waals surface area contributed by atoms with Gasteiger partial charge in [-0.1, -0.05) is 58.5 Å². The van der Waals surface area contributed by atoms with Gasteiger partial charge in [0.05, 0.1) is 4.90 Å². The summed E-state index contributed by atoms with van der Waals surface area (Å²) in [5.74, 6) is 0.515. The van der Waals surface area contributed by atoms with Crippen LogP contribution in [0.25, 0.3) is 17.1 Å². The maximum atomic E-state index is 11.7. The zero-order valence-corrected chi connectivity index (χ0v) is 17.2. The number of nitrogens with zero attached hydrogens (tertiary/aromatic N) is 2. The van der Waals surface area contributed by atoms with Gasteiger partial charge in [-0.25, -0.2) is 13.4 Å². The second-order valence-corrected chi connectivity index (χ2v) is 10.3. The van der Waals surface area contributed by atoms with Crippen LogP contribution in [0.4, 0.5) is 0 Å². The van der Waals surface area contributed by atoms with Crippen LogP contribution in [0.5, 0.6) is 0 Å². The summed E-state index contributed by atoms with van der Waals surface area (Å²) in [6, 6.07) is 13.5. The van der Waals surface area contributed by atoms with E-state index in [2.05, 4.69) is 4.98 Å². The van der Waals surface area contributed by atoms with Crippen molar-refractivity contribution in [3.63, 3.8) is 0 Å². The summed E-state index contributed by atoms with van der Waals surface area (Å²) in [4.78, 5) is 4.65. The number of hydrogen-bond donors (Lipinski definition) is 0. The van der Waals surface area contributed by atoms with Crippen LogP contribution < -0.4 is 0 Å². The topological polar surface area (TPSA) is 52.0 Å². The predicted molar refractivity (Wildman–Crippen MR) is 106 cm³/mol. The molecule has 0 aliphatic heterocycles. The maximum absolute atomic E-state index is 11.7. The first-order valence-corrected chi connectivity index (χ1v) is 10.7. The average Bonchev–Trinajstić information content (AvgIpc) is 3.00. The molecule has 0 spiro atoms. The van der Waals surface area contributed by atoms with E-state index in [4.69, 9.17) is 46.4 Å². The minimum atomic E-state index is -3.29. The molecule has 0 saturated carbocycles.